The number of rotatable bonds is 5. The number of nitrogens with zero attached hydrogens (tertiary/aromatic N) is 1. The summed E-state index contributed by atoms with van der Waals surface area (Å²) < 4.78 is 28.8. The van der Waals surface area contributed by atoms with Crippen LogP contribution in [0.3, 0.4) is 0 Å². The van der Waals surface area contributed by atoms with Crippen LogP contribution in [0.5, 0.6) is 0 Å². The maximum absolute atomic E-state index is 12.2. The molecule has 1 aliphatic heterocycles. The van der Waals surface area contributed by atoms with E-state index < -0.39 is 10.2 Å². The van der Waals surface area contributed by atoms with Gasteiger partial charge in [-0.05, 0) is 44.1 Å². The molecule has 0 spiro atoms. The van der Waals surface area contributed by atoms with Gasteiger partial charge in [0, 0.05) is 19.6 Å². The molecule has 19 heavy (non-hydrogen) atoms. The SMILES string of the molecule is NCC1CCN(S(=O)(=O)NCC2CCCCC2)CC1. The number of hydrogen-bond donors (Lipinski definition) is 2. The lowest BCUT2D eigenvalue weighted by atomic mass is 9.90. The van der Waals surface area contributed by atoms with Gasteiger partial charge >= 0.3 is 0 Å². The van der Waals surface area contributed by atoms with Crippen LogP contribution in [-0.2, 0) is 10.2 Å². The molecule has 6 heteroatoms. The Kier molecular flexibility index (Phi) is 5.62. The van der Waals surface area contributed by atoms with E-state index in [0.29, 0.717) is 38.0 Å². The number of nitrogens with two attached hydrogens (primary N) is 1. The lowest BCUT2D eigenvalue weighted by Gasteiger charge is -2.31. The minimum absolute atomic E-state index is 0.491. The summed E-state index contributed by atoms with van der Waals surface area (Å²) in [5.74, 6) is 1.02. The Balaban J connectivity index is 1.78. The van der Waals surface area contributed by atoms with E-state index in [0.717, 1.165) is 25.7 Å². The molecule has 1 aliphatic carbocycles. The highest BCUT2D eigenvalue weighted by Crippen LogP contribution is 2.23. The largest absolute Gasteiger partial charge is 0.330 e. The molecule has 3 N–H and O–H groups in total. The molecule has 0 unspecified atom stereocenters. The summed E-state index contributed by atoms with van der Waals surface area (Å²) >= 11 is 0. The first-order valence-electron chi connectivity index (χ1n) is 7.56. The molecule has 2 fully saturated rings. The Morgan fingerprint density at radius 3 is 2.21 bits per heavy atom. The Morgan fingerprint density at radius 1 is 1.00 bits per heavy atom. The Morgan fingerprint density at radius 2 is 1.63 bits per heavy atom. The molecule has 0 bridgehead atoms. The summed E-state index contributed by atoms with van der Waals surface area (Å²) in [6, 6.07) is 0. The molecule has 0 atom stereocenters. The van der Waals surface area contributed by atoms with E-state index in [4.69, 9.17) is 5.73 Å². The van der Waals surface area contributed by atoms with Gasteiger partial charge in [-0.3, -0.25) is 0 Å². The summed E-state index contributed by atoms with van der Waals surface area (Å²) in [4.78, 5) is 0. The van der Waals surface area contributed by atoms with Crippen molar-refractivity contribution in [1.82, 2.24) is 9.03 Å². The van der Waals surface area contributed by atoms with Crippen LogP contribution in [-0.4, -0.2) is 38.9 Å². The molecule has 1 heterocycles. The fourth-order valence-electron chi connectivity index (χ4n) is 3.09. The lowest BCUT2D eigenvalue weighted by molar-refractivity contribution is 0.273. The van der Waals surface area contributed by atoms with Crippen molar-refractivity contribution in [3.8, 4) is 0 Å². The molecule has 2 rings (SSSR count). The number of piperidine rings is 1. The van der Waals surface area contributed by atoms with Crippen molar-refractivity contribution in [2.24, 2.45) is 17.6 Å². The maximum Gasteiger partial charge on any atom is 0.279 e. The van der Waals surface area contributed by atoms with E-state index in [1.54, 1.807) is 4.31 Å². The van der Waals surface area contributed by atoms with Crippen LogP contribution in [0.15, 0.2) is 0 Å². The highest BCUT2D eigenvalue weighted by atomic mass is 32.2. The molecule has 0 aromatic rings. The van der Waals surface area contributed by atoms with Gasteiger partial charge in [0.25, 0.3) is 10.2 Å². The summed E-state index contributed by atoms with van der Waals surface area (Å²) in [6.07, 6.45) is 7.90. The van der Waals surface area contributed by atoms with Crippen molar-refractivity contribution in [1.29, 1.82) is 0 Å². The van der Waals surface area contributed by atoms with E-state index in [9.17, 15) is 8.42 Å². The minimum atomic E-state index is -3.27. The molecule has 0 radical (unpaired) electrons. The maximum atomic E-state index is 12.2. The normalized spacial score (nSPS) is 24.7. The number of nitrogens with one attached hydrogen (secondary N) is 1. The van der Waals surface area contributed by atoms with Crippen LogP contribution in [0, 0.1) is 11.8 Å². The van der Waals surface area contributed by atoms with E-state index in [1.165, 1.54) is 19.3 Å². The first kappa shape index (κ1) is 15.2. The quantitative estimate of drug-likeness (QED) is 0.795. The summed E-state index contributed by atoms with van der Waals surface area (Å²) in [7, 11) is -3.27. The van der Waals surface area contributed by atoms with E-state index in [1.807, 2.05) is 0 Å². The van der Waals surface area contributed by atoms with Gasteiger partial charge in [0.2, 0.25) is 0 Å². The molecule has 1 saturated heterocycles. The zero-order valence-corrected chi connectivity index (χ0v) is 12.5. The molecule has 0 amide bonds. The highest BCUT2D eigenvalue weighted by molar-refractivity contribution is 7.87. The van der Waals surface area contributed by atoms with Gasteiger partial charge in [0.15, 0.2) is 0 Å². The van der Waals surface area contributed by atoms with Crippen LogP contribution >= 0.6 is 0 Å². The molecule has 0 aromatic carbocycles. The smallest absolute Gasteiger partial charge is 0.279 e. The third-order valence-corrected chi connectivity index (χ3v) is 6.10. The van der Waals surface area contributed by atoms with Gasteiger partial charge in [-0.1, -0.05) is 19.3 Å². The Labute approximate surface area is 117 Å². The van der Waals surface area contributed by atoms with Crippen molar-refractivity contribution in [2.45, 2.75) is 44.9 Å². The van der Waals surface area contributed by atoms with Crippen molar-refractivity contribution in [3.05, 3.63) is 0 Å². The average Bonchev–Trinajstić information content (AvgIpc) is 2.46. The zero-order valence-electron chi connectivity index (χ0n) is 11.7. The predicted molar refractivity (Wildman–Crippen MR) is 76.8 cm³/mol. The third-order valence-electron chi connectivity index (χ3n) is 4.53. The Hall–Kier alpha value is -0.170. The van der Waals surface area contributed by atoms with Crippen LogP contribution in [0.2, 0.25) is 0 Å². The second-order valence-electron chi connectivity index (χ2n) is 5.94. The Bertz CT molecular complexity index is 358. The van der Waals surface area contributed by atoms with Crippen molar-refractivity contribution in [3.63, 3.8) is 0 Å². The monoisotopic (exact) mass is 289 g/mol. The highest BCUT2D eigenvalue weighted by Gasteiger charge is 2.27. The fourth-order valence-corrected chi connectivity index (χ4v) is 4.41. The van der Waals surface area contributed by atoms with Crippen LogP contribution in [0.1, 0.15) is 44.9 Å². The second kappa shape index (κ2) is 7.02. The molecule has 112 valence electrons. The fraction of sp³-hybridized carbons (Fsp3) is 1.00. The van der Waals surface area contributed by atoms with Gasteiger partial charge in [-0.15, -0.1) is 0 Å². The van der Waals surface area contributed by atoms with Crippen molar-refractivity contribution < 1.29 is 8.42 Å². The van der Waals surface area contributed by atoms with Crippen molar-refractivity contribution >= 4 is 10.2 Å². The average molecular weight is 289 g/mol. The van der Waals surface area contributed by atoms with Crippen LogP contribution in [0.25, 0.3) is 0 Å². The predicted octanol–water partition coefficient (Wildman–Crippen LogP) is 1.07. The minimum Gasteiger partial charge on any atom is -0.330 e. The molecule has 5 nitrogen and oxygen atoms in total. The van der Waals surface area contributed by atoms with Crippen LogP contribution in [0.4, 0.5) is 0 Å². The molecule has 2 aliphatic rings. The molecule has 1 saturated carbocycles. The van der Waals surface area contributed by atoms with Crippen LogP contribution < -0.4 is 10.5 Å². The number of hydrogen-bond acceptors (Lipinski definition) is 3. The van der Waals surface area contributed by atoms with Gasteiger partial charge in [0.05, 0.1) is 0 Å². The summed E-state index contributed by atoms with van der Waals surface area (Å²) in [5, 5.41) is 0. The first-order chi connectivity index (χ1) is 9.12. The summed E-state index contributed by atoms with van der Waals surface area (Å²) in [6.45, 7) is 2.51. The standard InChI is InChI=1S/C13H27N3O2S/c14-10-12-6-8-16(9-7-12)19(17,18)15-11-13-4-2-1-3-5-13/h12-13,15H,1-11,14H2. The van der Waals surface area contributed by atoms with Gasteiger partial charge < -0.3 is 5.73 Å². The molecule has 0 aromatic heterocycles. The topological polar surface area (TPSA) is 75.4 Å². The van der Waals surface area contributed by atoms with E-state index in [-0.39, 0.29) is 0 Å². The molecular formula is C13H27N3O2S. The zero-order chi connectivity index (χ0) is 13.7. The third kappa shape index (κ3) is 4.41. The van der Waals surface area contributed by atoms with Gasteiger partial charge in [0.1, 0.15) is 0 Å². The second-order valence-corrected chi connectivity index (χ2v) is 7.69. The van der Waals surface area contributed by atoms with Crippen molar-refractivity contribution in [2.75, 3.05) is 26.2 Å². The van der Waals surface area contributed by atoms with Gasteiger partial charge in [-0.25, -0.2) is 4.72 Å². The lowest BCUT2D eigenvalue weighted by Crippen LogP contribution is -2.47. The summed E-state index contributed by atoms with van der Waals surface area (Å²) in [5.41, 5.74) is 5.63. The van der Waals surface area contributed by atoms with E-state index in [2.05, 4.69) is 4.72 Å². The van der Waals surface area contributed by atoms with Gasteiger partial charge in [-0.2, -0.15) is 12.7 Å². The first-order valence-corrected chi connectivity index (χ1v) is 9.00. The molecular weight excluding hydrogens is 262 g/mol. The van der Waals surface area contributed by atoms with E-state index >= 15 is 0 Å².